The third-order valence-corrected chi connectivity index (χ3v) is 8.77. The van der Waals surface area contributed by atoms with E-state index in [4.69, 9.17) is 9.47 Å². The second-order valence-corrected chi connectivity index (χ2v) is 12.2. The summed E-state index contributed by atoms with van der Waals surface area (Å²) in [4.78, 5) is 66.1. The predicted molar refractivity (Wildman–Crippen MR) is 202 cm³/mol. The van der Waals surface area contributed by atoms with E-state index in [1.54, 1.807) is 76.8 Å². The van der Waals surface area contributed by atoms with Crippen LogP contribution in [0.15, 0.2) is 122 Å². The maximum absolute atomic E-state index is 13.8. The highest BCUT2D eigenvalue weighted by Crippen LogP contribution is 2.21. The van der Waals surface area contributed by atoms with Crippen molar-refractivity contribution in [2.45, 2.75) is 31.3 Å². The Labute approximate surface area is 308 Å². The summed E-state index contributed by atoms with van der Waals surface area (Å²) in [6.45, 7) is 0. The number of ether oxygens (including phenoxy) is 2. The molecular formula is C41H42N6O6. The van der Waals surface area contributed by atoms with E-state index in [-0.39, 0.29) is 29.6 Å². The van der Waals surface area contributed by atoms with E-state index < -0.39 is 23.9 Å². The van der Waals surface area contributed by atoms with E-state index in [1.165, 1.54) is 15.9 Å². The summed E-state index contributed by atoms with van der Waals surface area (Å²) in [5, 5.41) is 5.64. The fraction of sp³-hybridized carbons (Fsp3) is 0.220. The first-order valence-electron chi connectivity index (χ1n) is 17.0. The second kappa shape index (κ2) is 18.1. The van der Waals surface area contributed by atoms with Gasteiger partial charge in [0.15, 0.2) is 0 Å². The monoisotopic (exact) mass is 714 g/mol. The van der Waals surface area contributed by atoms with Crippen LogP contribution in [0.25, 0.3) is 0 Å². The van der Waals surface area contributed by atoms with Gasteiger partial charge >= 0.3 is 0 Å². The quantitative estimate of drug-likeness (QED) is 0.156. The molecule has 0 aliphatic heterocycles. The number of amides is 4. The lowest BCUT2D eigenvalue weighted by Crippen LogP contribution is -2.49. The van der Waals surface area contributed by atoms with Crippen LogP contribution in [0, 0.1) is 0 Å². The van der Waals surface area contributed by atoms with E-state index in [0.717, 1.165) is 17.5 Å². The zero-order valence-electron chi connectivity index (χ0n) is 30.1. The molecule has 0 aliphatic rings. The van der Waals surface area contributed by atoms with E-state index in [2.05, 4.69) is 20.6 Å². The van der Waals surface area contributed by atoms with Gasteiger partial charge in [-0.2, -0.15) is 0 Å². The number of nitrogens with one attached hydrogen (secondary N) is 2. The predicted octanol–water partition coefficient (Wildman–Crippen LogP) is 4.89. The van der Waals surface area contributed by atoms with Crippen LogP contribution in [0.4, 0.5) is 11.4 Å². The summed E-state index contributed by atoms with van der Waals surface area (Å²) in [5.41, 5.74) is 2.83. The van der Waals surface area contributed by atoms with Crippen molar-refractivity contribution in [1.82, 2.24) is 20.6 Å². The van der Waals surface area contributed by atoms with Crippen LogP contribution in [0.2, 0.25) is 0 Å². The maximum atomic E-state index is 13.8. The van der Waals surface area contributed by atoms with Crippen LogP contribution >= 0.6 is 0 Å². The number of benzene rings is 4. The van der Waals surface area contributed by atoms with Crippen molar-refractivity contribution in [1.29, 1.82) is 0 Å². The molecule has 1 heterocycles. The van der Waals surface area contributed by atoms with Crippen LogP contribution in [-0.2, 0) is 22.4 Å². The first-order chi connectivity index (χ1) is 25.7. The largest absolute Gasteiger partial charge is 0.497 e. The lowest BCUT2D eigenvalue weighted by atomic mass is 10.0. The average Bonchev–Trinajstić information content (AvgIpc) is 3.21. The van der Waals surface area contributed by atoms with Gasteiger partial charge in [-0.1, -0.05) is 60.7 Å². The Morgan fingerprint density at radius 1 is 0.604 bits per heavy atom. The van der Waals surface area contributed by atoms with Gasteiger partial charge in [0.2, 0.25) is 11.8 Å². The van der Waals surface area contributed by atoms with Crippen LogP contribution < -0.4 is 29.9 Å². The van der Waals surface area contributed by atoms with E-state index in [1.807, 2.05) is 60.7 Å². The molecule has 0 unspecified atom stereocenters. The van der Waals surface area contributed by atoms with Crippen molar-refractivity contribution in [3.05, 3.63) is 144 Å². The SMILES string of the molecule is COc1ccc(N(C)C(=O)[C@H](CCc2ccccc2)NC(=O)c2cc(C(=O)N[C@@H](Cc3ccccc3)C(=O)N(C)c3ccc(OC)cc3)ncn2)cc1. The normalized spacial score (nSPS) is 11.8. The molecule has 0 spiro atoms. The highest BCUT2D eigenvalue weighted by molar-refractivity contribution is 6.04. The summed E-state index contributed by atoms with van der Waals surface area (Å²) in [5.74, 6) is -0.743. The molecule has 12 nitrogen and oxygen atoms in total. The molecule has 0 saturated carbocycles. The number of anilines is 2. The Morgan fingerprint density at radius 3 is 1.51 bits per heavy atom. The van der Waals surface area contributed by atoms with Crippen molar-refractivity contribution in [2.75, 3.05) is 38.1 Å². The number of hydrogen-bond acceptors (Lipinski definition) is 8. The van der Waals surface area contributed by atoms with E-state index in [9.17, 15) is 19.2 Å². The molecule has 0 aliphatic carbocycles. The number of rotatable bonds is 15. The molecule has 0 bridgehead atoms. The van der Waals surface area contributed by atoms with E-state index in [0.29, 0.717) is 35.7 Å². The van der Waals surface area contributed by atoms with Gasteiger partial charge in [-0.05, 0) is 72.5 Å². The number of aromatic nitrogens is 2. The maximum Gasteiger partial charge on any atom is 0.270 e. The third kappa shape index (κ3) is 10.0. The molecule has 0 saturated heterocycles. The molecule has 0 fully saturated rings. The highest BCUT2D eigenvalue weighted by atomic mass is 16.5. The number of carbonyl (C=O) groups excluding carboxylic acids is 4. The van der Waals surface area contributed by atoms with Crippen LogP contribution in [0.3, 0.4) is 0 Å². The number of nitrogens with zero attached hydrogens (tertiary/aromatic N) is 4. The Kier molecular flexibility index (Phi) is 12.9. The first kappa shape index (κ1) is 37.7. The van der Waals surface area contributed by atoms with Crippen LogP contribution in [0.5, 0.6) is 11.5 Å². The zero-order valence-corrected chi connectivity index (χ0v) is 30.1. The highest BCUT2D eigenvalue weighted by Gasteiger charge is 2.29. The van der Waals surface area contributed by atoms with E-state index >= 15 is 0 Å². The van der Waals surface area contributed by atoms with Gasteiger partial charge < -0.3 is 29.9 Å². The topological polar surface area (TPSA) is 143 Å². The molecule has 4 amide bonds. The smallest absolute Gasteiger partial charge is 0.270 e. The standard InChI is InChI=1S/C41H42N6O6/c1-46(30-16-20-32(52-3)21-17-30)40(50)34(24-15-28-11-7-5-8-12-28)44-38(48)35-26-36(43-27-42-35)39(49)45-37(25-29-13-9-6-10-14-29)41(51)47(2)31-18-22-33(53-4)23-19-31/h5-14,16-23,26-27,34,37H,15,24-25H2,1-4H3,(H,44,48)(H,45,49)/t34-,37-/m0/s1. The van der Waals surface area contributed by atoms with Gasteiger partial charge in [-0.3, -0.25) is 19.2 Å². The molecule has 2 N–H and O–H groups in total. The number of methoxy groups -OCH3 is 2. The second-order valence-electron chi connectivity index (χ2n) is 12.2. The van der Waals surface area contributed by atoms with Crippen molar-refractivity contribution in [3.63, 3.8) is 0 Å². The minimum atomic E-state index is -0.974. The van der Waals surface area contributed by atoms with Crippen molar-refractivity contribution >= 4 is 35.0 Å². The first-order valence-corrected chi connectivity index (χ1v) is 17.0. The number of aryl methyl sites for hydroxylation is 1. The van der Waals surface area contributed by atoms with Gasteiger partial charge in [-0.25, -0.2) is 9.97 Å². The number of hydrogen-bond donors (Lipinski definition) is 2. The summed E-state index contributed by atoms with van der Waals surface area (Å²) < 4.78 is 10.5. The van der Waals surface area contributed by atoms with Crippen molar-refractivity contribution in [2.24, 2.45) is 0 Å². The molecule has 2 atom stereocenters. The minimum absolute atomic E-state index is 0.115. The van der Waals surface area contributed by atoms with Gasteiger partial charge in [-0.15, -0.1) is 0 Å². The Bertz CT molecular complexity index is 1990. The number of likely N-dealkylation sites (N-methyl/N-ethyl adjacent to an activating group) is 2. The summed E-state index contributed by atoms with van der Waals surface area (Å²) in [6.07, 6.45) is 2.13. The molecule has 0 radical (unpaired) electrons. The Hall–Kier alpha value is -6.56. The van der Waals surface area contributed by atoms with Gasteiger partial charge in [0, 0.05) is 38.0 Å². The molecule has 5 rings (SSSR count). The Balaban J connectivity index is 1.34. The van der Waals surface area contributed by atoms with Crippen LogP contribution in [-0.4, -0.2) is 74.0 Å². The Morgan fingerprint density at radius 2 is 1.04 bits per heavy atom. The molecule has 5 aromatic rings. The lowest BCUT2D eigenvalue weighted by Gasteiger charge is -2.25. The minimum Gasteiger partial charge on any atom is -0.497 e. The summed E-state index contributed by atoms with van der Waals surface area (Å²) >= 11 is 0. The van der Waals surface area contributed by atoms with Crippen molar-refractivity contribution in [3.8, 4) is 11.5 Å². The third-order valence-electron chi connectivity index (χ3n) is 8.77. The molecule has 12 heteroatoms. The average molecular weight is 715 g/mol. The van der Waals surface area contributed by atoms with Gasteiger partial charge in [0.1, 0.15) is 41.3 Å². The van der Waals surface area contributed by atoms with Crippen molar-refractivity contribution < 1.29 is 28.7 Å². The lowest BCUT2D eigenvalue weighted by molar-refractivity contribution is -0.120. The van der Waals surface area contributed by atoms with Gasteiger partial charge in [0.25, 0.3) is 11.8 Å². The summed E-state index contributed by atoms with van der Waals surface area (Å²) in [7, 11) is 6.39. The van der Waals surface area contributed by atoms with Crippen LogP contribution in [0.1, 0.15) is 38.5 Å². The fourth-order valence-electron chi connectivity index (χ4n) is 5.67. The fourth-order valence-corrected chi connectivity index (χ4v) is 5.67. The molecule has 272 valence electrons. The molecule has 53 heavy (non-hydrogen) atoms. The molecule has 1 aromatic heterocycles. The van der Waals surface area contributed by atoms with Gasteiger partial charge in [0.05, 0.1) is 14.2 Å². The summed E-state index contributed by atoms with van der Waals surface area (Å²) in [6, 6.07) is 32.3. The molecule has 4 aromatic carbocycles. The zero-order chi connectivity index (χ0) is 37.7. The molecular weight excluding hydrogens is 672 g/mol. The number of carbonyl (C=O) groups is 4.